The van der Waals surface area contributed by atoms with Crippen molar-refractivity contribution in [3.8, 4) is 6.07 Å². The maximum Gasteiger partial charge on any atom is 0.242 e. The van der Waals surface area contributed by atoms with E-state index in [0.29, 0.717) is 0 Å². The fourth-order valence-electron chi connectivity index (χ4n) is 2.12. The Balaban J connectivity index is 3.14. The van der Waals surface area contributed by atoms with Gasteiger partial charge < -0.3 is 5.32 Å². The van der Waals surface area contributed by atoms with Crippen LogP contribution < -0.4 is 5.32 Å². The Hall–Kier alpha value is -1.82. The zero-order valence-electron chi connectivity index (χ0n) is 12.6. The van der Waals surface area contributed by atoms with Gasteiger partial charge in [-0.1, -0.05) is 19.9 Å². The van der Waals surface area contributed by atoms with Gasteiger partial charge in [0.25, 0.3) is 0 Å². The Morgan fingerprint density at radius 2 is 1.63 bits per heavy atom. The van der Waals surface area contributed by atoms with Crippen LogP contribution in [-0.2, 0) is 4.79 Å². The number of hydrogen-bond donors (Lipinski definition) is 1. The zero-order chi connectivity index (χ0) is 14.7. The van der Waals surface area contributed by atoms with Crippen molar-refractivity contribution in [2.75, 3.05) is 5.32 Å². The van der Waals surface area contributed by atoms with Gasteiger partial charge in [0.1, 0.15) is 5.92 Å². The molecule has 1 rings (SSSR count). The standard InChI is InChI=1S/C16H22N2O/c1-9(2)14(8-17)16(19)18-15-12(5)10(3)7-11(4)13(15)6/h7,9,14H,1-6H3,(H,18,19). The summed E-state index contributed by atoms with van der Waals surface area (Å²) in [6.45, 7) is 11.8. The van der Waals surface area contributed by atoms with Crippen molar-refractivity contribution in [3.05, 3.63) is 28.3 Å². The molecule has 0 aliphatic rings. The number of rotatable bonds is 3. The maximum atomic E-state index is 12.2. The first-order valence-electron chi connectivity index (χ1n) is 6.57. The van der Waals surface area contributed by atoms with Crippen molar-refractivity contribution in [2.24, 2.45) is 11.8 Å². The summed E-state index contributed by atoms with van der Waals surface area (Å²) in [5.74, 6) is -0.815. The molecule has 0 fully saturated rings. The molecule has 3 nitrogen and oxygen atoms in total. The van der Waals surface area contributed by atoms with Crippen LogP contribution in [0, 0.1) is 50.9 Å². The first kappa shape index (κ1) is 15.2. The number of amides is 1. The topological polar surface area (TPSA) is 52.9 Å². The molecule has 19 heavy (non-hydrogen) atoms. The molecule has 0 spiro atoms. The predicted molar refractivity (Wildman–Crippen MR) is 78.0 cm³/mol. The minimum absolute atomic E-state index is 0.0107. The van der Waals surface area contributed by atoms with Gasteiger partial charge in [-0.2, -0.15) is 5.26 Å². The largest absolute Gasteiger partial charge is 0.324 e. The van der Waals surface area contributed by atoms with Gasteiger partial charge in [-0.25, -0.2) is 0 Å². The van der Waals surface area contributed by atoms with Gasteiger partial charge in [0, 0.05) is 5.69 Å². The molecule has 0 saturated heterocycles. The molecule has 0 radical (unpaired) electrons. The summed E-state index contributed by atoms with van der Waals surface area (Å²) in [5.41, 5.74) is 5.28. The Bertz CT molecular complexity index is 512. The number of nitrogens with zero attached hydrogens (tertiary/aromatic N) is 1. The fourth-order valence-corrected chi connectivity index (χ4v) is 2.12. The monoisotopic (exact) mass is 258 g/mol. The van der Waals surface area contributed by atoms with Gasteiger partial charge in [-0.05, 0) is 55.9 Å². The molecule has 0 bridgehead atoms. The zero-order valence-corrected chi connectivity index (χ0v) is 12.6. The third-order valence-corrected chi connectivity index (χ3v) is 3.70. The average Bonchev–Trinajstić information content (AvgIpc) is 2.32. The van der Waals surface area contributed by atoms with E-state index in [2.05, 4.69) is 17.5 Å². The second-order valence-electron chi connectivity index (χ2n) is 5.48. The molecule has 1 aromatic carbocycles. The van der Waals surface area contributed by atoms with Crippen LogP contribution in [0.3, 0.4) is 0 Å². The van der Waals surface area contributed by atoms with Crippen molar-refractivity contribution in [1.82, 2.24) is 0 Å². The van der Waals surface area contributed by atoms with Crippen molar-refractivity contribution >= 4 is 11.6 Å². The predicted octanol–water partition coefficient (Wildman–Crippen LogP) is 3.65. The van der Waals surface area contributed by atoms with Crippen LogP contribution in [0.2, 0.25) is 0 Å². The van der Waals surface area contributed by atoms with Gasteiger partial charge >= 0.3 is 0 Å². The highest BCUT2D eigenvalue weighted by atomic mass is 16.1. The third kappa shape index (κ3) is 3.14. The number of nitrogens with one attached hydrogen (secondary N) is 1. The summed E-state index contributed by atoms with van der Waals surface area (Å²) >= 11 is 0. The lowest BCUT2D eigenvalue weighted by Gasteiger charge is -2.19. The quantitative estimate of drug-likeness (QED) is 0.899. The highest BCUT2D eigenvalue weighted by molar-refractivity contribution is 5.96. The number of anilines is 1. The molecule has 1 unspecified atom stereocenters. The van der Waals surface area contributed by atoms with E-state index < -0.39 is 5.92 Å². The van der Waals surface area contributed by atoms with Crippen LogP contribution in [0.15, 0.2) is 6.07 Å². The number of hydrogen-bond acceptors (Lipinski definition) is 2. The Morgan fingerprint density at radius 1 is 1.16 bits per heavy atom. The second-order valence-corrected chi connectivity index (χ2v) is 5.48. The SMILES string of the molecule is Cc1cc(C)c(C)c(NC(=O)C(C#N)C(C)C)c1C. The summed E-state index contributed by atoms with van der Waals surface area (Å²) in [7, 11) is 0. The van der Waals surface area contributed by atoms with Crippen molar-refractivity contribution < 1.29 is 4.79 Å². The average molecular weight is 258 g/mol. The lowest BCUT2D eigenvalue weighted by Crippen LogP contribution is -2.26. The first-order chi connectivity index (χ1) is 8.79. The molecule has 0 aliphatic heterocycles. The van der Waals surface area contributed by atoms with Gasteiger partial charge in [-0.15, -0.1) is 0 Å². The van der Waals surface area contributed by atoms with E-state index in [9.17, 15) is 4.79 Å². The Labute approximate surface area is 115 Å². The molecule has 1 aromatic rings. The van der Waals surface area contributed by atoms with Crippen molar-refractivity contribution in [1.29, 1.82) is 5.26 Å². The van der Waals surface area contributed by atoms with Gasteiger partial charge in [0.15, 0.2) is 0 Å². The summed E-state index contributed by atoms with van der Waals surface area (Å²) < 4.78 is 0. The third-order valence-electron chi connectivity index (χ3n) is 3.70. The van der Waals surface area contributed by atoms with Crippen LogP contribution in [0.4, 0.5) is 5.69 Å². The number of benzene rings is 1. The van der Waals surface area contributed by atoms with Crippen LogP contribution >= 0.6 is 0 Å². The normalized spacial score (nSPS) is 12.1. The van der Waals surface area contributed by atoms with E-state index in [-0.39, 0.29) is 11.8 Å². The molecule has 0 heterocycles. The van der Waals surface area contributed by atoms with E-state index in [1.165, 1.54) is 0 Å². The lowest BCUT2D eigenvalue weighted by molar-refractivity contribution is -0.119. The molecule has 0 saturated carbocycles. The van der Waals surface area contributed by atoms with Crippen LogP contribution in [-0.4, -0.2) is 5.91 Å². The number of nitriles is 1. The Morgan fingerprint density at radius 3 is 2.00 bits per heavy atom. The molecule has 1 N–H and O–H groups in total. The molecule has 1 amide bonds. The molecule has 0 aromatic heterocycles. The fraction of sp³-hybridized carbons (Fsp3) is 0.500. The van der Waals surface area contributed by atoms with E-state index in [0.717, 1.165) is 27.9 Å². The summed E-state index contributed by atoms with van der Waals surface area (Å²) in [6.07, 6.45) is 0. The van der Waals surface area contributed by atoms with E-state index in [1.807, 2.05) is 41.5 Å². The summed E-state index contributed by atoms with van der Waals surface area (Å²) in [5, 5.41) is 12.0. The van der Waals surface area contributed by atoms with E-state index >= 15 is 0 Å². The lowest BCUT2D eigenvalue weighted by atomic mass is 9.95. The molecule has 1 atom stereocenters. The van der Waals surface area contributed by atoms with Crippen molar-refractivity contribution in [2.45, 2.75) is 41.5 Å². The smallest absolute Gasteiger partial charge is 0.242 e. The number of aryl methyl sites for hydroxylation is 2. The minimum atomic E-state index is -0.611. The molecule has 3 heteroatoms. The molecular formula is C16H22N2O. The first-order valence-corrected chi connectivity index (χ1v) is 6.57. The second kappa shape index (κ2) is 5.88. The molecular weight excluding hydrogens is 236 g/mol. The number of carbonyl (C=O) groups is 1. The highest BCUT2D eigenvalue weighted by Crippen LogP contribution is 2.27. The molecule has 102 valence electrons. The van der Waals surface area contributed by atoms with Crippen LogP contribution in [0.25, 0.3) is 0 Å². The summed E-state index contributed by atoms with van der Waals surface area (Å²) in [6, 6.07) is 4.19. The minimum Gasteiger partial charge on any atom is -0.324 e. The van der Waals surface area contributed by atoms with E-state index in [4.69, 9.17) is 5.26 Å². The highest BCUT2D eigenvalue weighted by Gasteiger charge is 2.23. The summed E-state index contributed by atoms with van der Waals surface area (Å²) in [4.78, 5) is 12.2. The van der Waals surface area contributed by atoms with Gasteiger partial charge in [0.2, 0.25) is 5.91 Å². The van der Waals surface area contributed by atoms with Gasteiger partial charge in [-0.3, -0.25) is 4.79 Å². The molecule has 0 aliphatic carbocycles. The number of carbonyl (C=O) groups excluding carboxylic acids is 1. The van der Waals surface area contributed by atoms with Crippen LogP contribution in [0.1, 0.15) is 36.1 Å². The Kier molecular flexibility index (Phi) is 4.72. The van der Waals surface area contributed by atoms with Gasteiger partial charge in [0.05, 0.1) is 6.07 Å². The van der Waals surface area contributed by atoms with Crippen molar-refractivity contribution in [3.63, 3.8) is 0 Å². The van der Waals surface area contributed by atoms with E-state index in [1.54, 1.807) is 0 Å². The van der Waals surface area contributed by atoms with Crippen LogP contribution in [0.5, 0.6) is 0 Å². The maximum absolute atomic E-state index is 12.2.